The van der Waals surface area contributed by atoms with Gasteiger partial charge in [0.25, 0.3) is 0 Å². The van der Waals surface area contributed by atoms with Gasteiger partial charge in [-0.15, -0.1) is 8.42 Å². The molecule has 0 N–H and O–H groups in total. The number of allylic oxidation sites excluding steroid dienone is 1. The first-order valence-corrected chi connectivity index (χ1v) is 5.06. The van der Waals surface area contributed by atoms with Crippen LogP contribution in [0.5, 0.6) is 0 Å². The van der Waals surface area contributed by atoms with Crippen molar-refractivity contribution in [2.24, 2.45) is 0 Å². The van der Waals surface area contributed by atoms with Crippen molar-refractivity contribution in [1.82, 2.24) is 0 Å². The van der Waals surface area contributed by atoms with Crippen molar-refractivity contribution in [1.29, 1.82) is 0 Å². The van der Waals surface area contributed by atoms with Crippen LogP contribution in [0.1, 0.15) is 19.8 Å². The molecular weight excluding hydrogens is 192 g/mol. The van der Waals surface area contributed by atoms with E-state index < -0.39 is 10.4 Å². The third kappa shape index (κ3) is 7.18. The van der Waals surface area contributed by atoms with E-state index >= 15 is 0 Å². The average molecular weight is 204 g/mol. The van der Waals surface area contributed by atoms with Crippen molar-refractivity contribution in [3.05, 3.63) is 30.9 Å². The molecule has 4 nitrogen and oxygen atoms in total. The SMILES string of the molecule is C=C=COS(=O)(=O)OC=CCCC. The fraction of sp³-hybridized carbons (Fsp3) is 0.375. The van der Waals surface area contributed by atoms with Gasteiger partial charge in [0, 0.05) is 0 Å². The Kier molecular flexibility index (Phi) is 5.76. The summed E-state index contributed by atoms with van der Waals surface area (Å²) >= 11 is 0. The minimum Gasteiger partial charge on any atom is -0.361 e. The van der Waals surface area contributed by atoms with Crippen molar-refractivity contribution in [3.63, 3.8) is 0 Å². The predicted molar refractivity (Wildman–Crippen MR) is 48.8 cm³/mol. The lowest BCUT2D eigenvalue weighted by molar-refractivity contribution is 0.335. The number of hydrogen-bond donors (Lipinski definition) is 0. The Morgan fingerprint density at radius 1 is 1.46 bits per heavy atom. The van der Waals surface area contributed by atoms with Crippen LogP contribution >= 0.6 is 0 Å². The predicted octanol–water partition coefficient (Wildman–Crippen LogP) is 1.88. The van der Waals surface area contributed by atoms with E-state index in [-0.39, 0.29) is 0 Å². The van der Waals surface area contributed by atoms with Gasteiger partial charge in [0.1, 0.15) is 6.26 Å². The standard InChI is InChI=1S/C8H12O4S/c1-3-5-6-8-12-13(9,10)11-7-4-2/h6-8H,2-3,5H2,1H3. The lowest BCUT2D eigenvalue weighted by atomic mass is 10.3. The van der Waals surface area contributed by atoms with Crippen molar-refractivity contribution < 1.29 is 16.8 Å². The Morgan fingerprint density at radius 3 is 2.69 bits per heavy atom. The van der Waals surface area contributed by atoms with Gasteiger partial charge >= 0.3 is 10.4 Å². The molecule has 0 aliphatic rings. The minimum atomic E-state index is -3.97. The second-order valence-corrected chi connectivity index (χ2v) is 3.28. The Balaban J connectivity index is 3.96. The average Bonchev–Trinajstić information content (AvgIpc) is 2.09. The van der Waals surface area contributed by atoms with E-state index in [1.54, 1.807) is 6.08 Å². The molecule has 5 heteroatoms. The molecule has 0 aliphatic heterocycles. The van der Waals surface area contributed by atoms with Crippen LogP contribution in [0.4, 0.5) is 0 Å². The molecule has 0 aromatic heterocycles. The molecule has 0 amide bonds. The van der Waals surface area contributed by atoms with Gasteiger partial charge in [0.2, 0.25) is 0 Å². The van der Waals surface area contributed by atoms with E-state index in [2.05, 4.69) is 20.7 Å². The van der Waals surface area contributed by atoms with Crippen molar-refractivity contribution in [2.45, 2.75) is 19.8 Å². The first-order chi connectivity index (χ1) is 6.12. The third-order valence-corrected chi connectivity index (χ3v) is 1.65. The highest BCUT2D eigenvalue weighted by atomic mass is 32.3. The largest absolute Gasteiger partial charge is 0.500 e. The highest BCUT2D eigenvalue weighted by Gasteiger charge is 2.07. The Hall–Kier alpha value is -1.19. The molecule has 0 radical (unpaired) electrons. The van der Waals surface area contributed by atoms with Crippen LogP contribution in [0.2, 0.25) is 0 Å². The monoisotopic (exact) mass is 204 g/mol. The van der Waals surface area contributed by atoms with Crippen LogP contribution in [0.15, 0.2) is 30.9 Å². The van der Waals surface area contributed by atoms with E-state index in [9.17, 15) is 8.42 Å². The minimum absolute atomic E-state index is 0.757. The van der Waals surface area contributed by atoms with E-state index in [4.69, 9.17) is 0 Å². The summed E-state index contributed by atoms with van der Waals surface area (Å²) in [5.41, 5.74) is 2.14. The van der Waals surface area contributed by atoms with Gasteiger partial charge in [-0.3, -0.25) is 0 Å². The lowest BCUT2D eigenvalue weighted by Gasteiger charge is -1.97. The first-order valence-electron chi connectivity index (χ1n) is 3.73. The van der Waals surface area contributed by atoms with Crippen LogP contribution < -0.4 is 0 Å². The summed E-state index contributed by atoms with van der Waals surface area (Å²) in [5.74, 6) is 0. The number of hydrogen-bond acceptors (Lipinski definition) is 4. The Morgan fingerprint density at radius 2 is 2.15 bits per heavy atom. The topological polar surface area (TPSA) is 52.6 Å². The molecule has 0 fully saturated rings. The maximum absolute atomic E-state index is 10.8. The first kappa shape index (κ1) is 11.8. The molecule has 0 saturated carbocycles. The molecule has 0 bridgehead atoms. The van der Waals surface area contributed by atoms with Crippen LogP contribution in [-0.4, -0.2) is 8.42 Å². The molecule has 0 spiro atoms. The summed E-state index contributed by atoms with van der Waals surface area (Å²) < 4.78 is 30.0. The molecule has 13 heavy (non-hydrogen) atoms. The summed E-state index contributed by atoms with van der Waals surface area (Å²) in [4.78, 5) is 0. The zero-order valence-electron chi connectivity index (χ0n) is 7.39. The molecule has 0 aliphatic carbocycles. The zero-order chi connectivity index (χ0) is 10.2. The number of rotatable bonds is 6. The normalized spacial score (nSPS) is 10.8. The van der Waals surface area contributed by atoms with Gasteiger partial charge in [0.15, 0.2) is 6.26 Å². The van der Waals surface area contributed by atoms with E-state index in [0.29, 0.717) is 0 Å². The van der Waals surface area contributed by atoms with E-state index in [1.165, 1.54) is 0 Å². The molecule has 0 aromatic carbocycles. The highest BCUT2D eigenvalue weighted by Crippen LogP contribution is 1.98. The molecule has 0 aromatic rings. The maximum Gasteiger partial charge on any atom is 0.500 e. The van der Waals surface area contributed by atoms with E-state index in [0.717, 1.165) is 25.4 Å². The smallest absolute Gasteiger partial charge is 0.361 e. The number of unbranched alkanes of at least 4 members (excludes halogenated alkanes) is 1. The maximum atomic E-state index is 10.8. The quantitative estimate of drug-likeness (QED) is 0.489. The van der Waals surface area contributed by atoms with Crippen molar-refractivity contribution >= 4 is 10.4 Å². The third-order valence-electron chi connectivity index (χ3n) is 0.974. The Labute approximate surface area is 78.5 Å². The highest BCUT2D eigenvalue weighted by molar-refractivity contribution is 7.82. The zero-order valence-corrected chi connectivity index (χ0v) is 8.21. The molecule has 0 atom stereocenters. The summed E-state index contributed by atoms with van der Waals surface area (Å²) in [6, 6.07) is 0. The van der Waals surface area contributed by atoms with Crippen molar-refractivity contribution in [3.8, 4) is 0 Å². The molecule has 0 unspecified atom stereocenters. The summed E-state index contributed by atoms with van der Waals surface area (Å²) in [7, 11) is -3.97. The summed E-state index contributed by atoms with van der Waals surface area (Å²) in [5, 5.41) is 0. The fourth-order valence-corrected chi connectivity index (χ4v) is 0.904. The fourth-order valence-electron chi connectivity index (χ4n) is 0.458. The molecule has 0 heterocycles. The summed E-state index contributed by atoms with van der Waals surface area (Å²) in [6.45, 7) is 5.10. The molecule has 0 rings (SSSR count). The lowest BCUT2D eigenvalue weighted by Crippen LogP contribution is -2.01. The van der Waals surface area contributed by atoms with Gasteiger partial charge < -0.3 is 8.37 Å². The van der Waals surface area contributed by atoms with Gasteiger partial charge in [-0.05, 0) is 12.5 Å². The van der Waals surface area contributed by atoms with Gasteiger partial charge in [-0.25, -0.2) is 0 Å². The molecule has 74 valence electrons. The van der Waals surface area contributed by atoms with E-state index in [1.807, 2.05) is 6.92 Å². The van der Waals surface area contributed by atoms with Crippen LogP contribution in [0, 0.1) is 0 Å². The van der Waals surface area contributed by atoms with Crippen LogP contribution in [0.25, 0.3) is 0 Å². The van der Waals surface area contributed by atoms with Gasteiger partial charge in [-0.1, -0.05) is 25.7 Å². The van der Waals surface area contributed by atoms with Crippen LogP contribution in [-0.2, 0) is 18.8 Å². The molecular formula is C8H12O4S. The van der Waals surface area contributed by atoms with Crippen LogP contribution in [0.3, 0.4) is 0 Å². The summed E-state index contributed by atoms with van der Waals surface area (Å²) in [6.07, 6.45) is 5.16. The van der Waals surface area contributed by atoms with Gasteiger partial charge in [0.05, 0.1) is 0 Å². The second-order valence-electron chi connectivity index (χ2n) is 2.08. The van der Waals surface area contributed by atoms with Gasteiger partial charge in [-0.2, -0.15) is 0 Å². The Bertz CT molecular complexity index is 296. The molecule has 0 saturated heterocycles. The van der Waals surface area contributed by atoms with Crippen molar-refractivity contribution in [2.75, 3.05) is 0 Å². The second kappa shape index (κ2) is 6.34.